The van der Waals surface area contributed by atoms with Crippen molar-refractivity contribution < 1.29 is 13.9 Å². The first-order chi connectivity index (χ1) is 16.5. The van der Waals surface area contributed by atoms with Crippen molar-refractivity contribution in [2.75, 3.05) is 0 Å². The molecule has 0 aliphatic carbocycles. The second-order valence-electron chi connectivity index (χ2n) is 8.39. The van der Waals surface area contributed by atoms with Crippen LogP contribution in [-0.4, -0.2) is 25.1 Å². The van der Waals surface area contributed by atoms with E-state index < -0.39 is 5.97 Å². The summed E-state index contributed by atoms with van der Waals surface area (Å²) in [6.07, 6.45) is 1.67. The highest BCUT2D eigenvalue weighted by atomic mass is 16.5. The van der Waals surface area contributed by atoms with E-state index >= 15 is 0 Å². The van der Waals surface area contributed by atoms with Crippen LogP contribution in [0.2, 0.25) is 0 Å². The Balaban J connectivity index is 1.32. The van der Waals surface area contributed by atoms with Crippen molar-refractivity contribution in [3.05, 3.63) is 88.2 Å². The van der Waals surface area contributed by atoms with Gasteiger partial charge in [0.15, 0.2) is 12.4 Å². The molecule has 6 rings (SSSR count). The molecular weight excluding hydrogens is 432 g/mol. The summed E-state index contributed by atoms with van der Waals surface area (Å²) in [5.41, 5.74) is 3.00. The van der Waals surface area contributed by atoms with Crippen molar-refractivity contribution in [3.63, 3.8) is 0 Å². The van der Waals surface area contributed by atoms with Gasteiger partial charge < -0.3 is 9.15 Å². The predicted octanol–water partition coefficient (Wildman–Crippen LogP) is 4.07. The van der Waals surface area contributed by atoms with Crippen LogP contribution in [0.1, 0.15) is 17.0 Å². The van der Waals surface area contributed by atoms with Crippen molar-refractivity contribution in [3.8, 4) is 0 Å². The maximum atomic E-state index is 12.8. The molecule has 0 saturated carbocycles. The van der Waals surface area contributed by atoms with Crippen molar-refractivity contribution >= 4 is 44.4 Å². The molecule has 3 heterocycles. The Labute approximate surface area is 193 Å². The van der Waals surface area contributed by atoms with Crippen molar-refractivity contribution in [2.24, 2.45) is 7.05 Å². The number of furan rings is 1. The molecule has 0 amide bonds. The smallest absolute Gasteiger partial charge is 0.310 e. The fourth-order valence-corrected chi connectivity index (χ4v) is 4.51. The first kappa shape index (κ1) is 20.2. The summed E-state index contributed by atoms with van der Waals surface area (Å²) in [4.78, 5) is 25.5. The Hall–Kier alpha value is -4.46. The van der Waals surface area contributed by atoms with Crippen LogP contribution < -0.4 is 5.56 Å². The Kier molecular flexibility index (Phi) is 4.48. The van der Waals surface area contributed by atoms with E-state index in [0.29, 0.717) is 22.5 Å². The third-order valence-electron chi connectivity index (χ3n) is 6.18. The van der Waals surface area contributed by atoms with E-state index in [0.717, 1.165) is 32.9 Å². The molecule has 0 radical (unpaired) electrons. The zero-order valence-electron chi connectivity index (χ0n) is 18.6. The summed E-state index contributed by atoms with van der Waals surface area (Å²) < 4.78 is 14.5. The molecule has 8 nitrogen and oxygen atoms in total. The van der Waals surface area contributed by atoms with Crippen LogP contribution in [0.15, 0.2) is 70.1 Å². The average Bonchev–Trinajstić information content (AvgIpc) is 3.46. The van der Waals surface area contributed by atoms with Crippen LogP contribution in [0.25, 0.3) is 38.4 Å². The number of carbonyl (C=O) groups is 1. The number of nitrogens with zero attached hydrogens (tertiary/aromatic N) is 4. The molecule has 0 N–H and O–H groups in total. The first-order valence-corrected chi connectivity index (χ1v) is 10.9. The topological polar surface area (TPSA) is 91.6 Å². The van der Waals surface area contributed by atoms with Gasteiger partial charge in [0, 0.05) is 18.0 Å². The molecule has 0 aliphatic heterocycles. The fourth-order valence-electron chi connectivity index (χ4n) is 4.51. The number of rotatable bonds is 4. The van der Waals surface area contributed by atoms with Gasteiger partial charge in [0.25, 0.3) is 5.56 Å². The second-order valence-corrected chi connectivity index (χ2v) is 8.39. The van der Waals surface area contributed by atoms with E-state index in [-0.39, 0.29) is 18.6 Å². The van der Waals surface area contributed by atoms with Gasteiger partial charge in [-0.3, -0.25) is 18.6 Å². The molecule has 0 fully saturated rings. The van der Waals surface area contributed by atoms with E-state index in [4.69, 9.17) is 9.15 Å². The van der Waals surface area contributed by atoms with Crippen LogP contribution in [-0.2, 0) is 29.6 Å². The van der Waals surface area contributed by atoms with Crippen LogP contribution in [0.5, 0.6) is 0 Å². The number of esters is 1. The summed E-state index contributed by atoms with van der Waals surface area (Å²) >= 11 is 0. The standard InChI is InChI=1S/C26H20N4O4/c1-15-7-9-20-19(11-15)25(32)29(2)26-28-27-22(30(20)26)14-34-23(31)12-17-13-33-21-10-8-16-5-3-4-6-18(16)24(17)21/h3-11,13H,12,14H2,1-2H3. The highest BCUT2D eigenvalue weighted by molar-refractivity contribution is 6.08. The summed E-state index contributed by atoms with van der Waals surface area (Å²) in [5, 5.41) is 11.9. The predicted molar refractivity (Wildman–Crippen MR) is 128 cm³/mol. The van der Waals surface area contributed by atoms with E-state index in [1.807, 2.05) is 61.5 Å². The minimum absolute atomic E-state index is 0.0656. The van der Waals surface area contributed by atoms with E-state index in [2.05, 4.69) is 10.2 Å². The Bertz CT molecular complexity index is 1810. The molecule has 3 aromatic carbocycles. The zero-order valence-corrected chi connectivity index (χ0v) is 18.6. The van der Waals surface area contributed by atoms with E-state index in [9.17, 15) is 9.59 Å². The molecule has 34 heavy (non-hydrogen) atoms. The van der Waals surface area contributed by atoms with Crippen molar-refractivity contribution in [1.82, 2.24) is 19.2 Å². The normalized spacial score (nSPS) is 11.7. The lowest BCUT2D eigenvalue weighted by molar-refractivity contribution is -0.144. The van der Waals surface area contributed by atoms with Gasteiger partial charge in [-0.25, -0.2) is 0 Å². The number of aromatic nitrogens is 4. The molecule has 0 bridgehead atoms. The Morgan fingerprint density at radius 2 is 1.91 bits per heavy atom. The molecular formula is C26H20N4O4. The number of hydrogen-bond donors (Lipinski definition) is 0. The molecule has 0 aliphatic rings. The number of carbonyl (C=O) groups excluding carboxylic acids is 1. The monoisotopic (exact) mass is 452 g/mol. The number of aryl methyl sites for hydroxylation is 2. The average molecular weight is 452 g/mol. The van der Waals surface area contributed by atoms with Gasteiger partial charge in [-0.15, -0.1) is 10.2 Å². The van der Waals surface area contributed by atoms with Gasteiger partial charge >= 0.3 is 5.97 Å². The number of ether oxygens (including phenoxy) is 1. The second kappa shape index (κ2) is 7.55. The summed E-state index contributed by atoms with van der Waals surface area (Å²) in [7, 11) is 1.65. The SMILES string of the molecule is Cc1ccc2c(c1)c(=O)n(C)c1nnc(COC(=O)Cc3coc4ccc5ccccc5c34)n21. The lowest BCUT2D eigenvalue weighted by Crippen LogP contribution is -2.20. The third kappa shape index (κ3) is 3.07. The van der Waals surface area contributed by atoms with Gasteiger partial charge in [0.05, 0.1) is 23.6 Å². The quantitative estimate of drug-likeness (QED) is 0.375. The highest BCUT2D eigenvalue weighted by Crippen LogP contribution is 2.30. The highest BCUT2D eigenvalue weighted by Gasteiger charge is 2.18. The lowest BCUT2D eigenvalue weighted by atomic mass is 10.0. The molecule has 0 atom stereocenters. The third-order valence-corrected chi connectivity index (χ3v) is 6.18. The largest absolute Gasteiger partial charge is 0.464 e. The minimum atomic E-state index is -0.405. The molecule has 0 unspecified atom stereocenters. The van der Waals surface area contributed by atoms with Crippen LogP contribution in [0.3, 0.4) is 0 Å². The molecule has 168 valence electrons. The fraction of sp³-hybridized carbons (Fsp3) is 0.154. The number of benzene rings is 3. The van der Waals surface area contributed by atoms with Gasteiger partial charge in [-0.05, 0) is 35.9 Å². The minimum Gasteiger partial charge on any atom is -0.464 e. The van der Waals surface area contributed by atoms with E-state index in [1.54, 1.807) is 17.7 Å². The van der Waals surface area contributed by atoms with Crippen molar-refractivity contribution in [1.29, 1.82) is 0 Å². The van der Waals surface area contributed by atoms with Crippen LogP contribution in [0.4, 0.5) is 0 Å². The van der Waals surface area contributed by atoms with Gasteiger partial charge in [0.1, 0.15) is 5.58 Å². The summed E-state index contributed by atoms with van der Waals surface area (Å²) in [6.45, 7) is 1.86. The van der Waals surface area contributed by atoms with Crippen LogP contribution in [0, 0.1) is 6.92 Å². The molecule has 8 heteroatoms. The molecule has 3 aromatic heterocycles. The van der Waals surface area contributed by atoms with E-state index in [1.165, 1.54) is 4.57 Å². The maximum Gasteiger partial charge on any atom is 0.310 e. The maximum absolute atomic E-state index is 12.8. The van der Waals surface area contributed by atoms with Crippen LogP contribution >= 0.6 is 0 Å². The summed E-state index contributed by atoms with van der Waals surface area (Å²) in [6, 6.07) is 17.5. The Morgan fingerprint density at radius 3 is 2.79 bits per heavy atom. The molecule has 0 saturated heterocycles. The zero-order chi connectivity index (χ0) is 23.4. The summed E-state index contributed by atoms with van der Waals surface area (Å²) in [5.74, 6) is 0.423. The number of hydrogen-bond acceptors (Lipinski definition) is 6. The molecule has 6 aromatic rings. The lowest BCUT2D eigenvalue weighted by Gasteiger charge is -2.09. The Morgan fingerprint density at radius 1 is 1.06 bits per heavy atom. The first-order valence-electron chi connectivity index (χ1n) is 10.9. The van der Waals surface area contributed by atoms with Crippen molar-refractivity contribution in [2.45, 2.75) is 20.0 Å². The molecule has 0 spiro atoms. The van der Waals surface area contributed by atoms with Gasteiger partial charge in [-0.1, -0.05) is 42.0 Å². The van der Waals surface area contributed by atoms with Gasteiger partial charge in [-0.2, -0.15) is 0 Å². The van der Waals surface area contributed by atoms with Gasteiger partial charge in [0.2, 0.25) is 5.78 Å². The number of fused-ring (bicyclic) bond motifs is 6.